The van der Waals surface area contributed by atoms with Crippen molar-refractivity contribution in [2.75, 3.05) is 13.7 Å². The van der Waals surface area contributed by atoms with Crippen molar-refractivity contribution in [2.45, 2.75) is 25.7 Å². The number of halogens is 2. The Labute approximate surface area is 152 Å². The quantitative estimate of drug-likeness (QED) is 0.689. The van der Waals surface area contributed by atoms with Gasteiger partial charge in [-0.1, -0.05) is 47.5 Å². The molecule has 0 radical (unpaired) electrons. The highest BCUT2D eigenvalue weighted by molar-refractivity contribution is 6.42. The van der Waals surface area contributed by atoms with Gasteiger partial charge in [-0.15, -0.1) is 0 Å². The first-order valence-electron chi connectivity index (χ1n) is 7.92. The first-order chi connectivity index (χ1) is 11.6. The predicted octanol–water partition coefficient (Wildman–Crippen LogP) is 4.68. The predicted molar refractivity (Wildman–Crippen MR) is 99.1 cm³/mol. The summed E-state index contributed by atoms with van der Waals surface area (Å²) in [6.45, 7) is 0.651. The van der Waals surface area contributed by atoms with Crippen LogP contribution in [0.4, 0.5) is 0 Å². The van der Waals surface area contributed by atoms with E-state index >= 15 is 0 Å². The van der Waals surface area contributed by atoms with E-state index in [1.165, 1.54) is 0 Å². The fraction of sp³-hybridized carbons (Fsp3) is 0.316. The highest BCUT2D eigenvalue weighted by atomic mass is 35.5. The van der Waals surface area contributed by atoms with Crippen molar-refractivity contribution in [1.29, 1.82) is 0 Å². The number of methoxy groups -OCH3 is 1. The summed E-state index contributed by atoms with van der Waals surface area (Å²) in [7, 11) is 1.67. The molecule has 0 fully saturated rings. The summed E-state index contributed by atoms with van der Waals surface area (Å²) in [5, 5.41) is 4.00. The fourth-order valence-electron chi connectivity index (χ4n) is 2.46. The molecule has 2 rings (SSSR count). The molecule has 0 aliphatic carbocycles. The average molecular weight is 366 g/mol. The molecular weight excluding hydrogens is 345 g/mol. The second-order valence-corrected chi connectivity index (χ2v) is 6.33. The third kappa shape index (κ3) is 5.73. The Hall–Kier alpha value is -1.71. The first-order valence-corrected chi connectivity index (χ1v) is 8.68. The van der Waals surface area contributed by atoms with E-state index in [1.54, 1.807) is 19.2 Å². The standard InChI is InChI=1S/C19H21Cl2NO2/c1-24-18-7-3-2-5-15(18)6-4-12-22-19(23)11-9-14-8-10-16(20)17(21)13-14/h2-3,5,7-8,10,13H,4,6,9,11-12H2,1H3,(H,22,23). The summed E-state index contributed by atoms with van der Waals surface area (Å²) in [6, 6.07) is 13.4. The van der Waals surface area contributed by atoms with Gasteiger partial charge in [0.05, 0.1) is 17.2 Å². The zero-order valence-corrected chi connectivity index (χ0v) is 15.2. The fourth-order valence-corrected chi connectivity index (χ4v) is 2.78. The normalized spacial score (nSPS) is 10.5. The molecule has 0 aliphatic heterocycles. The molecule has 1 N–H and O–H groups in total. The van der Waals surface area contributed by atoms with Gasteiger partial charge in [0.2, 0.25) is 5.91 Å². The molecule has 1 amide bonds. The monoisotopic (exact) mass is 365 g/mol. The van der Waals surface area contributed by atoms with Crippen molar-refractivity contribution < 1.29 is 9.53 Å². The van der Waals surface area contributed by atoms with Gasteiger partial charge in [-0.25, -0.2) is 0 Å². The van der Waals surface area contributed by atoms with Gasteiger partial charge in [0.15, 0.2) is 0 Å². The number of benzene rings is 2. The van der Waals surface area contributed by atoms with Crippen LogP contribution in [0.3, 0.4) is 0 Å². The van der Waals surface area contributed by atoms with E-state index < -0.39 is 0 Å². The lowest BCUT2D eigenvalue weighted by atomic mass is 10.1. The maximum Gasteiger partial charge on any atom is 0.220 e. The van der Waals surface area contributed by atoms with Crippen molar-refractivity contribution in [2.24, 2.45) is 0 Å². The minimum atomic E-state index is 0.0427. The van der Waals surface area contributed by atoms with Crippen molar-refractivity contribution in [3.63, 3.8) is 0 Å². The number of amides is 1. The van der Waals surface area contributed by atoms with Crippen LogP contribution in [0.2, 0.25) is 10.0 Å². The van der Waals surface area contributed by atoms with Gasteiger partial charge in [0.1, 0.15) is 5.75 Å². The molecule has 0 saturated heterocycles. The molecule has 2 aromatic carbocycles. The maximum atomic E-state index is 11.9. The molecule has 0 aromatic heterocycles. The van der Waals surface area contributed by atoms with Crippen LogP contribution in [0.5, 0.6) is 5.75 Å². The zero-order chi connectivity index (χ0) is 17.4. The number of rotatable bonds is 8. The van der Waals surface area contributed by atoms with E-state index in [4.69, 9.17) is 27.9 Å². The minimum Gasteiger partial charge on any atom is -0.496 e. The van der Waals surface area contributed by atoms with Gasteiger partial charge < -0.3 is 10.1 Å². The van der Waals surface area contributed by atoms with Gasteiger partial charge in [-0.05, 0) is 48.6 Å². The van der Waals surface area contributed by atoms with E-state index in [0.717, 1.165) is 29.7 Å². The maximum absolute atomic E-state index is 11.9. The Kier molecular flexibility index (Phi) is 7.41. The molecule has 24 heavy (non-hydrogen) atoms. The highest BCUT2D eigenvalue weighted by Crippen LogP contribution is 2.23. The molecule has 3 nitrogen and oxygen atoms in total. The van der Waals surface area contributed by atoms with Gasteiger partial charge in [-0.2, -0.15) is 0 Å². The number of hydrogen-bond acceptors (Lipinski definition) is 2. The van der Waals surface area contributed by atoms with E-state index in [9.17, 15) is 4.79 Å². The number of carbonyl (C=O) groups is 1. The van der Waals surface area contributed by atoms with E-state index in [-0.39, 0.29) is 5.91 Å². The van der Waals surface area contributed by atoms with E-state index in [2.05, 4.69) is 5.32 Å². The molecule has 0 unspecified atom stereocenters. The number of carbonyl (C=O) groups excluding carboxylic acids is 1. The highest BCUT2D eigenvalue weighted by Gasteiger charge is 2.05. The molecule has 0 saturated carbocycles. The molecule has 2 aromatic rings. The van der Waals surface area contributed by atoms with Gasteiger partial charge in [0, 0.05) is 13.0 Å². The summed E-state index contributed by atoms with van der Waals surface area (Å²) in [6.07, 6.45) is 2.83. The summed E-state index contributed by atoms with van der Waals surface area (Å²) in [5.74, 6) is 0.935. The topological polar surface area (TPSA) is 38.3 Å². The van der Waals surface area contributed by atoms with E-state index in [0.29, 0.717) is 29.4 Å². The Morgan fingerprint density at radius 2 is 1.88 bits per heavy atom. The summed E-state index contributed by atoms with van der Waals surface area (Å²) < 4.78 is 5.32. The van der Waals surface area contributed by atoms with Crippen molar-refractivity contribution >= 4 is 29.1 Å². The lowest BCUT2D eigenvalue weighted by Gasteiger charge is -2.09. The van der Waals surface area contributed by atoms with Crippen LogP contribution in [0.25, 0.3) is 0 Å². The molecular formula is C19H21Cl2NO2. The summed E-state index contributed by atoms with van der Waals surface area (Å²) >= 11 is 11.9. The van der Waals surface area contributed by atoms with Crippen LogP contribution in [0.1, 0.15) is 24.0 Å². The lowest BCUT2D eigenvalue weighted by Crippen LogP contribution is -2.25. The third-order valence-corrected chi connectivity index (χ3v) is 4.50. The minimum absolute atomic E-state index is 0.0427. The Balaban J connectivity index is 1.69. The zero-order valence-electron chi connectivity index (χ0n) is 13.6. The SMILES string of the molecule is COc1ccccc1CCCNC(=O)CCc1ccc(Cl)c(Cl)c1. The number of ether oxygens (including phenoxy) is 1. The average Bonchev–Trinajstić information content (AvgIpc) is 2.60. The van der Waals surface area contributed by atoms with Gasteiger partial charge >= 0.3 is 0 Å². The summed E-state index contributed by atoms with van der Waals surface area (Å²) in [5.41, 5.74) is 2.17. The first kappa shape index (κ1) is 18.6. The van der Waals surface area contributed by atoms with Crippen molar-refractivity contribution in [3.05, 3.63) is 63.6 Å². The molecule has 0 heterocycles. The molecule has 0 spiro atoms. The van der Waals surface area contributed by atoms with Crippen LogP contribution >= 0.6 is 23.2 Å². The van der Waals surface area contributed by atoms with Crippen LogP contribution in [-0.2, 0) is 17.6 Å². The number of nitrogens with one attached hydrogen (secondary N) is 1. The van der Waals surface area contributed by atoms with Crippen LogP contribution < -0.4 is 10.1 Å². The lowest BCUT2D eigenvalue weighted by molar-refractivity contribution is -0.121. The van der Waals surface area contributed by atoms with Gasteiger partial charge in [-0.3, -0.25) is 4.79 Å². The van der Waals surface area contributed by atoms with E-state index in [1.807, 2.05) is 30.3 Å². The largest absolute Gasteiger partial charge is 0.496 e. The van der Waals surface area contributed by atoms with Crippen molar-refractivity contribution in [1.82, 2.24) is 5.32 Å². The molecule has 0 atom stereocenters. The number of para-hydroxylation sites is 1. The Morgan fingerprint density at radius 3 is 2.62 bits per heavy atom. The number of hydrogen-bond donors (Lipinski definition) is 1. The van der Waals surface area contributed by atoms with Gasteiger partial charge in [0.25, 0.3) is 0 Å². The Morgan fingerprint density at radius 1 is 1.08 bits per heavy atom. The molecule has 5 heteroatoms. The number of aryl methyl sites for hydroxylation is 2. The Bertz CT molecular complexity index is 689. The third-order valence-electron chi connectivity index (χ3n) is 3.76. The molecule has 128 valence electrons. The van der Waals surface area contributed by atoms with Crippen LogP contribution in [-0.4, -0.2) is 19.6 Å². The van der Waals surface area contributed by atoms with Crippen molar-refractivity contribution in [3.8, 4) is 5.75 Å². The second-order valence-electron chi connectivity index (χ2n) is 5.51. The van der Waals surface area contributed by atoms with Crippen LogP contribution in [0, 0.1) is 0 Å². The molecule has 0 aliphatic rings. The smallest absolute Gasteiger partial charge is 0.220 e. The molecule has 0 bridgehead atoms. The second kappa shape index (κ2) is 9.55. The van der Waals surface area contributed by atoms with Crippen LogP contribution in [0.15, 0.2) is 42.5 Å². The summed E-state index contributed by atoms with van der Waals surface area (Å²) in [4.78, 5) is 11.9.